The molecule has 25 heavy (non-hydrogen) atoms. The quantitative estimate of drug-likeness (QED) is 0.728. The lowest BCUT2D eigenvalue weighted by atomic mass is 10.1. The molecule has 0 saturated carbocycles. The minimum absolute atomic E-state index is 0.0917. The molecule has 0 unspecified atom stereocenters. The van der Waals surface area contributed by atoms with Gasteiger partial charge in [-0.3, -0.25) is 4.79 Å². The summed E-state index contributed by atoms with van der Waals surface area (Å²) >= 11 is 0. The minimum atomic E-state index is -0.388. The molecule has 4 rings (SSSR count). The highest BCUT2D eigenvalue weighted by molar-refractivity contribution is 6.07. The Morgan fingerprint density at radius 1 is 1.28 bits per heavy atom. The van der Waals surface area contributed by atoms with Crippen LogP contribution >= 0.6 is 0 Å². The second kappa shape index (κ2) is 6.33. The molecule has 0 N–H and O–H groups in total. The number of morpholine rings is 1. The third kappa shape index (κ3) is 2.70. The van der Waals surface area contributed by atoms with E-state index in [9.17, 15) is 4.79 Å². The molecule has 0 radical (unpaired) electrons. The Morgan fingerprint density at radius 2 is 2.12 bits per heavy atom. The average molecular weight is 341 g/mol. The van der Waals surface area contributed by atoms with E-state index in [1.165, 1.54) is 0 Å². The number of aromatic nitrogens is 2. The molecule has 7 nitrogen and oxygen atoms in total. The summed E-state index contributed by atoms with van der Waals surface area (Å²) in [5.74, 6) is 1.47. The number of nitrogens with zero attached hydrogens (tertiary/aromatic N) is 3. The fourth-order valence-corrected chi connectivity index (χ4v) is 3.22. The lowest BCUT2D eigenvalue weighted by molar-refractivity contribution is -0.0106. The Hall–Kier alpha value is -2.67. The lowest BCUT2D eigenvalue weighted by Crippen LogP contribution is -2.43. The van der Waals surface area contributed by atoms with Gasteiger partial charge in [0.05, 0.1) is 18.8 Å². The number of para-hydroxylation sites is 1. The standard InChI is InChI=1S/C18H19N3O4/c1-3-14-16(12-6-4-5-7-15(12)25-14)18(22)21-8-9-23-10-13(21)17-20-19-11(2)24-17/h4-7,13H,3,8-10H2,1-2H3/t13-/m0/s1. The van der Waals surface area contributed by atoms with E-state index in [-0.39, 0.29) is 11.9 Å². The van der Waals surface area contributed by atoms with E-state index in [0.29, 0.717) is 49.3 Å². The summed E-state index contributed by atoms with van der Waals surface area (Å²) in [5, 5.41) is 8.78. The van der Waals surface area contributed by atoms with Gasteiger partial charge in [-0.25, -0.2) is 0 Å². The second-order valence-electron chi connectivity index (χ2n) is 6.00. The molecule has 1 aliphatic rings. The van der Waals surface area contributed by atoms with E-state index >= 15 is 0 Å². The van der Waals surface area contributed by atoms with Crippen molar-refractivity contribution in [2.24, 2.45) is 0 Å². The van der Waals surface area contributed by atoms with E-state index in [1.54, 1.807) is 11.8 Å². The molecule has 1 aromatic carbocycles. The van der Waals surface area contributed by atoms with Gasteiger partial charge in [-0.15, -0.1) is 10.2 Å². The van der Waals surface area contributed by atoms with Gasteiger partial charge in [0, 0.05) is 25.3 Å². The van der Waals surface area contributed by atoms with Crippen molar-refractivity contribution >= 4 is 16.9 Å². The van der Waals surface area contributed by atoms with Gasteiger partial charge in [-0.05, 0) is 6.07 Å². The summed E-state index contributed by atoms with van der Waals surface area (Å²) in [4.78, 5) is 15.1. The predicted octanol–water partition coefficient (Wildman–Crippen LogP) is 2.90. The summed E-state index contributed by atoms with van der Waals surface area (Å²) in [6.07, 6.45) is 0.643. The van der Waals surface area contributed by atoms with Crippen LogP contribution in [0.5, 0.6) is 0 Å². The van der Waals surface area contributed by atoms with Crippen LogP contribution in [0.1, 0.15) is 40.9 Å². The zero-order valence-corrected chi connectivity index (χ0v) is 14.2. The molecular weight excluding hydrogens is 322 g/mol. The molecule has 1 fully saturated rings. The molecule has 3 heterocycles. The van der Waals surface area contributed by atoms with Gasteiger partial charge in [0.25, 0.3) is 5.91 Å². The Morgan fingerprint density at radius 3 is 2.88 bits per heavy atom. The van der Waals surface area contributed by atoms with Crippen LogP contribution in [-0.2, 0) is 11.2 Å². The molecule has 0 aliphatic carbocycles. The maximum Gasteiger partial charge on any atom is 0.258 e. The summed E-state index contributed by atoms with van der Waals surface area (Å²) < 4.78 is 17.0. The maximum atomic E-state index is 13.4. The highest BCUT2D eigenvalue weighted by Gasteiger charge is 2.35. The van der Waals surface area contributed by atoms with Gasteiger partial charge in [0.15, 0.2) is 0 Å². The first-order valence-corrected chi connectivity index (χ1v) is 8.38. The maximum absolute atomic E-state index is 13.4. The predicted molar refractivity (Wildman–Crippen MR) is 89.2 cm³/mol. The van der Waals surface area contributed by atoms with E-state index in [4.69, 9.17) is 13.6 Å². The summed E-state index contributed by atoms with van der Waals surface area (Å²) in [6, 6.07) is 7.21. The molecule has 1 saturated heterocycles. The van der Waals surface area contributed by atoms with Crippen LogP contribution in [-0.4, -0.2) is 40.8 Å². The average Bonchev–Trinajstić information content (AvgIpc) is 3.24. The number of ether oxygens (including phenoxy) is 1. The van der Waals surface area contributed by atoms with Crippen molar-refractivity contribution in [3.05, 3.63) is 47.4 Å². The highest BCUT2D eigenvalue weighted by Crippen LogP contribution is 2.31. The zero-order chi connectivity index (χ0) is 17.4. The molecular formula is C18H19N3O4. The third-order valence-corrected chi connectivity index (χ3v) is 4.42. The van der Waals surface area contributed by atoms with Crippen molar-refractivity contribution in [2.75, 3.05) is 19.8 Å². The van der Waals surface area contributed by atoms with Crippen LogP contribution in [0.4, 0.5) is 0 Å². The van der Waals surface area contributed by atoms with Crippen molar-refractivity contribution in [1.82, 2.24) is 15.1 Å². The highest BCUT2D eigenvalue weighted by atomic mass is 16.5. The van der Waals surface area contributed by atoms with Gasteiger partial charge in [0.1, 0.15) is 17.4 Å². The fourth-order valence-electron chi connectivity index (χ4n) is 3.22. The molecule has 3 aromatic rings. The number of hydrogen-bond donors (Lipinski definition) is 0. The van der Waals surface area contributed by atoms with Crippen LogP contribution in [0.15, 0.2) is 33.1 Å². The van der Waals surface area contributed by atoms with Crippen LogP contribution in [0.3, 0.4) is 0 Å². The smallest absolute Gasteiger partial charge is 0.258 e. The number of benzene rings is 1. The van der Waals surface area contributed by atoms with Gasteiger partial charge in [0.2, 0.25) is 11.8 Å². The van der Waals surface area contributed by atoms with Crippen LogP contribution < -0.4 is 0 Å². The van der Waals surface area contributed by atoms with Crippen LogP contribution in [0.2, 0.25) is 0 Å². The molecule has 0 bridgehead atoms. The monoisotopic (exact) mass is 341 g/mol. The Bertz CT molecular complexity index is 914. The Kier molecular flexibility index (Phi) is 4.01. The zero-order valence-electron chi connectivity index (χ0n) is 14.2. The SMILES string of the molecule is CCc1oc2ccccc2c1C(=O)N1CCOC[C@H]1c1nnc(C)o1. The molecule has 7 heteroatoms. The molecule has 1 aliphatic heterocycles. The minimum Gasteiger partial charge on any atom is -0.460 e. The van der Waals surface area contributed by atoms with Gasteiger partial charge >= 0.3 is 0 Å². The molecule has 1 amide bonds. The largest absolute Gasteiger partial charge is 0.460 e. The van der Waals surface area contributed by atoms with E-state index < -0.39 is 0 Å². The van der Waals surface area contributed by atoms with Crippen molar-refractivity contribution in [3.63, 3.8) is 0 Å². The summed E-state index contributed by atoms with van der Waals surface area (Å²) in [5.41, 5.74) is 1.34. The van der Waals surface area contributed by atoms with Crippen molar-refractivity contribution in [3.8, 4) is 0 Å². The summed E-state index contributed by atoms with van der Waals surface area (Å²) in [6.45, 7) is 4.99. The topological polar surface area (TPSA) is 81.6 Å². The van der Waals surface area contributed by atoms with Crippen molar-refractivity contribution in [1.29, 1.82) is 0 Å². The molecule has 1 atom stereocenters. The third-order valence-electron chi connectivity index (χ3n) is 4.42. The Labute approximate surface area is 144 Å². The van der Waals surface area contributed by atoms with Gasteiger partial charge < -0.3 is 18.5 Å². The number of aryl methyl sites for hydroxylation is 2. The number of carbonyl (C=O) groups excluding carboxylic acids is 1. The second-order valence-corrected chi connectivity index (χ2v) is 6.00. The van der Waals surface area contributed by atoms with E-state index in [1.807, 2.05) is 31.2 Å². The number of hydrogen-bond acceptors (Lipinski definition) is 6. The van der Waals surface area contributed by atoms with Gasteiger partial charge in [-0.2, -0.15) is 0 Å². The number of fused-ring (bicyclic) bond motifs is 1. The molecule has 2 aromatic heterocycles. The number of amides is 1. The normalized spacial score (nSPS) is 18.0. The van der Waals surface area contributed by atoms with Crippen molar-refractivity contribution < 1.29 is 18.4 Å². The number of carbonyl (C=O) groups is 1. The van der Waals surface area contributed by atoms with Crippen LogP contribution in [0.25, 0.3) is 11.0 Å². The van der Waals surface area contributed by atoms with E-state index in [2.05, 4.69) is 10.2 Å². The molecule has 0 spiro atoms. The first-order chi connectivity index (χ1) is 12.2. The van der Waals surface area contributed by atoms with Gasteiger partial charge in [-0.1, -0.05) is 25.1 Å². The molecule has 130 valence electrons. The first kappa shape index (κ1) is 15.8. The number of furan rings is 1. The van der Waals surface area contributed by atoms with Crippen LogP contribution in [0, 0.1) is 6.92 Å². The Balaban J connectivity index is 1.76. The lowest BCUT2D eigenvalue weighted by Gasteiger charge is -2.33. The fraction of sp³-hybridized carbons (Fsp3) is 0.389. The first-order valence-electron chi connectivity index (χ1n) is 8.38. The number of rotatable bonds is 3. The summed E-state index contributed by atoms with van der Waals surface area (Å²) in [7, 11) is 0. The van der Waals surface area contributed by atoms with E-state index in [0.717, 1.165) is 11.0 Å². The van der Waals surface area contributed by atoms with Crippen molar-refractivity contribution in [2.45, 2.75) is 26.3 Å².